The monoisotopic (exact) mass is 466 g/mol. The van der Waals surface area contributed by atoms with Crippen molar-refractivity contribution in [1.29, 1.82) is 0 Å². The molecule has 0 saturated carbocycles. The van der Waals surface area contributed by atoms with Crippen molar-refractivity contribution in [2.45, 2.75) is 31.0 Å². The highest BCUT2D eigenvalue weighted by molar-refractivity contribution is 5.98. The van der Waals surface area contributed by atoms with E-state index in [1.165, 1.54) is 11.0 Å². The minimum atomic E-state index is -1.02. The molecular formula is C24H30N6O4. The largest absolute Gasteiger partial charge is 0.368 e. The van der Waals surface area contributed by atoms with Gasteiger partial charge in [-0.2, -0.15) is 0 Å². The van der Waals surface area contributed by atoms with Crippen LogP contribution in [0.5, 0.6) is 0 Å². The van der Waals surface area contributed by atoms with Gasteiger partial charge in [0.05, 0.1) is 6.04 Å². The normalized spacial score (nSPS) is 18.1. The van der Waals surface area contributed by atoms with Gasteiger partial charge in [0.1, 0.15) is 17.8 Å². The van der Waals surface area contributed by atoms with E-state index < -0.39 is 36.0 Å². The summed E-state index contributed by atoms with van der Waals surface area (Å²) in [6.07, 6.45) is 3.85. The first kappa shape index (κ1) is 24.6. The Labute approximate surface area is 198 Å². The van der Waals surface area contributed by atoms with Gasteiger partial charge in [0.15, 0.2) is 0 Å². The Bertz CT molecular complexity index is 1050. The van der Waals surface area contributed by atoms with E-state index in [1.807, 2.05) is 30.3 Å². The average molecular weight is 467 g/mol. The van der Waals surface area contributed by atoms with Crippen LogP contribution in [0, 0.1) is 0 Å². The highest BCUT2D eigenvalue weighted by atomic mass is 16.2. The summed E-state index contributed by atoms with van der Waals surface area (Å²) in [7, 11) is 1.74. The molecule has 10 heteroatoms. The third-order valence-corrected chi connectivity index (χ3v) is 5.76. The van der Waals surface area contributed by atoms with Crippen LogP contribution in [0.2, 0.25) is 0 Å². The molecule has 2 heterocycles. The SMILES string of the molecule is C=CCNC(=O)NC1CCN(C(=O)c2cccn2C)C1C(=O)NC(Cc1ccccc1)C(N)=O. The molecule has 0 spiro atoms. The zero-order valence-corrected chi connectivity index (χ0v) is 19.1. The lowest BCUT2D eigenvalue weighted by atomic mass is 10.0. The highest BCUT2D eigenvalue weighted by Crippen LogP contribution is 2.22. The summed E-state index contributed by atoms with van der Waals surface area (Å²) in [5, 5.41) is 8.07. The fourth-order valence-corrected chi connectivity index (χ4v) is 4.04. The fraction of sp³-hybridized carbons (Fsp3) is 0.333. The number of aryl methyl sites for hydroxylation is 1. The van der Waals surface area contributed by atoms with Crippen LogP contribution in [0.15, 0.2) is 61.3 Å². The number of hydrogen-bond acceptors (Lipinski definition) is 4. The first-order chi connectivity index (χ1) is 16.3. The standard InChI is InChI=1S/C24H30N6O4/c1-3-12-26-24(34)28-17-11-14-30(23(33)19-10-7-13-29(19)2)20(17)22(32)27-18(21(25)31)15-16-8-5-4-6-9-16/h3-10,13,17-18,20H,1,11-12,14-15H2,2H3,(H2,25,31)(H,27,32)(H2,26,28,34). The number of amides is 5. The van der Waals surface area contributed by atoms with E-state index in [0.717, 1.165) is 5.56 Å². The van der Waals surface area contributed by atoms with E-state index in [4.69, 9.17) is 5.73 Å². The number of carbonyl (C=O) groups excluding carboxylic acids is 4. The third kappa shape index (κ3) is 5.83. The van der Waals surface area contributed by atoms with Gasteiger partial charge in [-0.05, 0) is 24.1 Å². The lowest BCUT2D eigenvalue weighted by molar-refractivity contribution is -0.130. The molecule has 0 radical (unpaired) electrons. The summed E-state index contributed by atoms with van der Waals surface area (Å²) in [5.74, 6) is -1.60. The number of benzene rings is 1. The van der Waals surface area contributed by atoms with Gasteiger partial charge in [0.25, 0.3) is 5.91 Å². The van der Waals surface area contributed by atoms with Crippen molar-refractivity contribution in [2.75, 3.05) is 13.1 Å². The van der Waals surface area contributed by atoms with Gasteiger partial charge in [-0.25, -0.2) is 4.79 Å². The van der Waals surface area contributed by atoms with E-state index in [2.05, 4.69) is 22.5 Å². The van der Waals surface area contributed by atoms with Crippen molar-refractivity contribution in [1.82, 2.24) is 25.4 Å². The van der Waals surface area contributed by atoms with Crippen molar-refractivity contribution in [3.05, 3.63) is 72.6 Å². The van der Waals surface area contributed by atoms with Crippen molar-refractivity contribution in [3.63, 3.8) is 0 Å². The summed E-state index contributed by atoms with van der Waals surface area (Å²) in [6, 6.07) is 9.44. The maximum absolute atomic E-state index is 13.4. The number of nitrogens with two attached hydrogens (primary N) is 1. The lowest BCUT2D eigenvalue weighted by Crippen LogP contribution is -2.59. The van der Waals surface area contributed by atoms with E-state index in [0.29, 0.717) is 12.1 Å². The zero-order chi connectivity index (χ0) is 24.7. The molecule has 1 saturated heterocycles. The maximum atomic E-state index is 13.4. The smallest absolute Gasteiger partial charge is 0.315 e. The fourth-order valence-electron chi connectivity index (χ4n) is 4.04. The molecule has 2 aromatic rings. The molecule has 1 fully saturated rings. The first-order valence-corrected chi connectivity index (χ1v) is 11.0. The molecular weight excluding hydrogens is 436 g/mol. The molecule has 3 atom stereocenters. The van der Waals surface area contributed by atoms with Crippen molar-refractivity contribution < 1.29 is 19.2 Å². The van der Waals surface area contributed by atoms with Gasteiger partial charge >= 0.3 is 6.03 Å². The number of nitrogens with one attached hydrogen (secondary N) is 3. The Morgan fingerprint density at radius 2 is 1.91 bits per heavy atom. The van der Waals surface area contributed by atoms with Gasteiger partial charge < -0.3 is 31.2 Å². The summed E-state index contributed by atoms with van der Waals surface area (Å²) >= 11 is 0. The van der Waals surface area contributed by atoms with E-state index >= 15 is 0 Å². The van der Waals surface area contributed by atoms with Crippen LogP contribution < -0.4 is 21.7 Å². The van der Waals surface area contributed by atoms with E-state index in [-0.39, 0.29) is 25.4 Å². The first-order valence-electron chi connectivity index (χ1n) is 11.0. The molecule has 5 amide bonds. The number of primary amides is 1. The number of rotatable bonds is 9. The zero-order valence-electron chi connectivity index (χ0n) is 19.1. The second kappa shape index (κ2) is 11.2. The molecule has 1 aliphatic heterocycles. The van der Waals surface area contributed by atoms with Crippen LogP contribution >= 0.6 is 0 Å². The Kier molecular flexibility index (Phi) is 8.07. The molecule has 0 aliphatic carbocycles. The van der Waals surface area contributed by atoms with Crippen LogP contribution in [-0.4, -0.2) is 64.4 Å². The molecule has 10 nitrogen and oxygen atoms in total. The van der Waals surface area contributed by atoms with Crippen LogP contribution in [0.3, 0.4) is 0 Å². The molecule has 1 aromatic heterocycles. The summed E-state index contributed by atoms with van der Waals surface area (Å²) < 4.78 is 1.66. The molecule has 1 aromatic carbocycles. The summed E-state index contributed by atoms with van der Waals surface area (Å²) in [6.45, 7) is 4.07. The maximum Gasteiger partial charge on any atom is 0.315 e. The Morgan fingerprint density at radius 1 is 1.18 bits per heavy atom. The van der Waals surface area contributed by atoms with Gasteiger partial charge in [-0.15, -0.1) is 6.58 Å². The number of carbonyl (C=O) groups is 4. The van der Waals surface area contributed by atoms with Gasteiger partial charge in [0, 0.05) is 32.8 Å². The molecule has 3 unspecified atom stereocenters. The Balaban J connectivity index is 1.82. The predicted molar refractivity (Wildman–Crippen MR) is 127 cm³/mol. The number of likely N-dealkylation sites (tertiary alicyclic amines) is 1. The van der Waals surface area contributed by atoms with Crippen LogP contribution in [0.25, 0.3) is 0 Å². The predicted octanol–water partition coefficient (Wildman–Crippen LogP) is 0.306. The molecule has 180 valence electrons. The van der Waals surface area contributed by atoms with Crippen molar-refractivity contribution in [2.24, 2.45) is 12.8 Å². The van der Waals surface area contributed by atoms with E-state index in [1.54, 1.807) is 29.9 Å². The topological polar surface area (TPSA) is 139 Å². The number of hydrogen-bond donors (Lipinski definition) is 4. The van der Waals surface area contributed by atoms with Crippen molar-refractivity contribution in [3.8, 4) is 0 Å². The van der Waals surface area contributed by atoms with Gasteiger partial charge in [0.2, 0.25) is 11.8 Å². The molecule has 5 N–H and O–H groups in total. The second-order valence-corrected chi connectivity index (χ2v) is 8.14. The molecule has 3 rings (SSSR count). The minimum absolute atomic E-state index is 0.207. The number of nitrogens with zero attached hydrogens (tertiary/aromatic N) is 2. The Hall–Kier alpha value is -4.08. The van der Waals surface area contributed by atoms with Crippen LogP contribution in [-0.2, 0) is 23.1 Å². The third-order valence-electron chi connectivity index (χ3n) is 5.76. The molecule has 34 heavy (non-hydrogen) atoms. The summed E-state index contributed by atoms with van der Waals surface area (Å²) in [5.41, 5.74) is 6.80. The minimum Gasteiger partial charge on any atom is -0.368 e. The summed E-state index contributed by atoms with van der Waals surface area (Å²) in [4.78, 5) is 52.5. The van der Waals surface area contributed by atoms with Gasteiger partial charge in [-0.3, -0.25) is 14.4 Å². The van der Waals surface area contributed by atoms with Gasteiger partial charge in [-0.1, -0.05) is 36.4 Å². The number of urea groups is 1. The highest BCUT2D eigenvalue weighted by Gasteiger charge is 2.44. The van der Waals surface area contributed by atoms with Crippen molar-refractivity contribution >= 4 is 23.8 Å². The number of aromatic nitrogens is 1. The molecule has 0 bridgehead atoms. The average Bonchev–Trinajstić information content (AvgIpc) is 3.43. The van der Waals surface area contributed by atoms with Crippen LogP contribution in [0.4, 0.5) is 4.79 Å². The molecule has 1 aliphatic rings. The second-order valence-electron chi connectivity index (χ2n) is 8.14. The van der Waals surface area contributed by atoms with Crippen LogP contribution in [0.1, 0.15) is 22.5 Å². The van der Waals surface area contributed by atoms with E-state index in [9.17, 15) is 19.2 Å². The quantitative estimate of drug-likeness (QED) is 0.395. The Morgan fingerprint density at radius 3 is 2.53 bits per heavy atom. The lowest BCUT2D eigenvalue weighted by Gasteiger charge is -2.29.